The predicted octanol–water partition coefficient (Wildman–Crippen LogP) is 2.66. The zero-order valence-electron chi connectivity index (χ0n) is 13.9. The summed E-state index contributed by atoms with van der Waals surface area (Å²) in [5.74, 6) is 0.0424. The molecule has 0 saturated heterocycles. The van der Waals surface area contributed by atoms with Gasteiger partial charge in [0.2, 0.25) is 0 Å². The summed E-state index contributed by atoms with van der Waals surface area (Å²) in [4.78, 5) is 12.1. The second-order valence-electron chi connectivity index (χ2n) is 5.31. The first-order chi connectivity index (χ1) is 11.5. The van der Waals surface area contributed by atoms with Crippen LogP contribution in [0.5, 0.6) is 11.5 Å². The zero-order chi connectivity index (χ0) is 17.5. The summed E-state index contributed by atoms with van der Waals surface area (Å²) in [7, 11) is 1.47. The molecule has 2 aromatic rings. The number of phenolic OH excluding ortho intramolecular Hbond substituents is 1. The van der Waals surface area contributed by atoms with Gasteiger partial charge in [0.25, 0.3) is 5.91 Å². The lowest BCUT2D eigenvalue weighted by atomic mass is 10.2. The molecule has 2 rings (SSSR count). The fraction of sp³-hybridized carbons (Fsp3) is 0.222. The van der Waals surface area contributed by atoms with E-state index in [2.05, 4.69) is 15.8 Å². The molecule has 3 N–H and O–H groups in total. The number of hydrazone groups is 1. The lowest BCUT2D eigenvalue weighted by molar-refractivity contribution is -0.121. The summed E-state index contributed by atoms with van der Waals surface area (Å²) >= 11 is 0. The summed E-state index contributed by atoms with van der Waals surface area (Å²) in [6.45, 7) is 3.72. The van der Waals surface area contributed by atoms with Crippen molar-refractivity contribution in [2.75, 3.05) is 12.4 Å². The topological polar surface area (TPSA) is 83.0 Å². The average Bonchev–Trinajstić information content (AvgIpc) is 2.58. The molecule has 0 saturated carbocycles. The van der Waals surface area contributed by atoms with E-state index in [0.29, 0.717) is 11.3 Å². The highest BCUT2D eigenvalue weighted by Crippen LogP contribution is 2.27. The van der Waals surface area contributed by atoms with Crippen molar-refractivity contribution in [2.45, 2.75) is 19.9 Å². The number of anilines is 1. The molecule has 0 heterocycles. The smallest absolute Gasteiger partial charge is 0.262 e. The summed E-state index contributed by atoms with van der Waals surface area (Å²) in [6.07, 6.45) is 1.37. The minimum atomic E-state index is -0.456. The van der Waals surface area contributed by atoms with E-state index in [4.69, 9.17) is 4.74 Å². The Morgan fingerprint density at radius 2 is 2.00 bits per heavy atom. The van der Waals surface area contributed by atoms with Gasteiger partial charge in [-0.3, -0.25) is 4.79 Å². The van der Waals surface area contributed by atoms with Crippen molar-refractivity contribution in [1.82, 2.24) is 5.43 Å². The van der Waals surface area contributed by atoms with Crippen LogP contribution in [-0.2, 0) is 4.79 Å². The Bertz CT molecular complexity index is 744. The lowest BCUT2D eigenvalue weighted by Gasteiger charge is -2.15. The minimum absolute atomic E-state index is 0.0240. The maximum atomic E-state index is 12.1. The van der Waals surface area contributed by atoms with Gasteiger partial charge in [-0.2, -0.15) is 5.10 Å². The third kappa shape index (κ3) is 4.25. The van der Waals surface area contributed by atoms with Crippen LogP contribution >= 0.6 is 0 Å². The number of aryl methyl sites for hydroxylation is 1. The van der Waals surface area contributed by atoms with Gasteiger partial charge < -0.3 is 15.2 Å². The van der Waals surface area contributed by atoms with Crippen LogP contribution in [0.2, 0.25) is 0 Å². The molecule has 1 unspecified atom stereocenters. The molecule has 0 aliphatic heterocycles. The number of benzene rings is 2. The molecule has 0 bridgehead atoms. The van der Waals surface area contributed by atoms with Crippen molar-refractivity contribution in [3.63, 3.8) is 0 Å². The lowest BCUT2D eigenvalue weighted by Crippen LogP contribution is -2.35. The molecule has 0 aliphatic carbocycles. The number of nitrogens with zero attached hydrogens (tertiary/aromatic N) is 1. The summed E-state index contributed by atoms with van der Waals surface area (Å²) < 4.78 is 5.02. The quantitative estimate of drug-likeness (QED) is 0.563. The number of hydrogen-bond donors (Lipinski definition) is 3. The molecule has 1 amide bonds. The standard InChI is InChI=1S/C18H21N3O3/c1-12-7-4-5-9-15(12)20-13(2)18(23)21-19-11-14-8-6-10-16(24-3)17(14)22/h4-11,13,20,22H,1-3H3,(H,21,23). The van der Waals surface area contributed by atoms with Crippen molar-refractivity contribution in [2.24, 2.45) is 5.10 Å². The van der Waals surface area contributed by atoms with Crippen LogP contribution in [0.4, 0.5) is 5.69 Å². The van der Waals surface area contributed by atoms with E-state index in [0.717, 1.165) is 11.3 Å². The molecule has 2 aromatic carbocycles. The van der Waals surface area contributed by atoms with E-state index in [1.807, 2.05) is 31.2 Å². The molecule has 0 fully saturated rings. The van der Waals surface area contributed by atoms with Gasteiger partial charge in [0.05, 0.1) is 13.3 Å². The van der Waals surface area contributed by atoms with Crippen molar-refractivity contribution in [1.29, 1.82) is 0 Å². The SMILES string of the molecule is COc1cccc(C=NNC(=O)C(C)Nc2ccccc2C)c1O. The van der Waals surface area contributed by atoms with Crippen LogP contribution in [0.15, 0.2) is 47.6 Å². The van der Waals surface area contributed by atoms with Gasteiger partial charge >= 0.3 is 0 Å². The van der Waals surface area contributed by atoms with Gasteiger partial charge in [0.1, 0.15) is 6.04 Å². The maximum absolute atomic E-state index is 12.1. The van der Waals surface area contributed by atoms with Crippen LogP contribution < -0.4 is 15.5 Å². The van der Waals surface area contributed by atoms with Crippen LogP contribution in [0.25, 0.3) is 0 Å². The molecule has 0 spiro atoms. The molecule has 126 valence electrons. The van der Waals surface area contributed by atoms with Gasteiger partial charge in [-0.1, -0.05) is 24.3 Å². The number of aromatic hydroxyl groups is 1. The number of carbonyl (C=O) groups is 1. The second kappa shape index (κ2) is 8.01. The molecule has 0 aliphatic rings. The number of amides is 1. The number of phenols is 1. The predicted molar refractivity (Wildman–Crippen MR) is 94.7 cm³/mol. The van der Waals surface area contributed by atoms with E-state index in [1.54, 1.807) is 25.1 Å². The van der Waals surface area contributed by atoms with E-state index < -0.39 is 6.04 Å². The first-order valence-corrected chi connectivity index (χ1v) is 7.54. The third-order valence-corrected chi connectivity index (χ3v) is 3.54. The Labute approximate surface area is 141 Å². The van der Waals surface area contributed by atoms with Gasteiger partial charge in [-0.15, -0.1) is 0 Å². The average molecular weight is 327 g/mol. The summed E-state index contributed by atoms with van der Waals surface area (Å²) in [5.41, 5.74) is 4.86. The number of rotatable bonds is 6. The van der Waals surface area contributed by atoms with E-state index in [1.165, 1.54) is 13.3 Å². The van der Waals surface area contributed by atoms with Crippen molar-refractivity contribution in [3.8, 4) is 11.5 Å². The Morgan fingerprint density at radius 1 is 1.25 bits per heavy atom. The van der Waals surface area contributed by atoms with Gasteiger partial charge in [-0.25, -0.2) is 5.43 Å². The van der Waals surface area contributed by atoms with Crippen molar-refractivity contribution in [3.05, 3.63) is 53.6 Å². The van der Waals surface area contributed by atoms with Crippen LogP contribution in [0.3, 0.4) is 0 Å². The fourth-order valence-electron chi connectivity index (χ4n) is 2.10. The molecule has 24 heavy (non-hydrogen) atoms. The van der Waals surface area contributed by atoms with Crippen LogP contribution in [0.1, 0.15) is 18.1 Å². The van der Waals surface area contributed by atoms with Gasteiger partial charge in [0.15, 0.2) is 11.5 Å². The van der Waals surface area contributed by atoms with Gasteiger partial charge in [0, 0.05) is 11.3 Å². The Kier molecular flexibility index (Phi) is 5.78. The minimum Gasteiger partial charge on any atom is -0.504 e. The Morgan fingerprint density at radius 3 is 2.71 bits per heavy atom. The maximum Gasteiger partial charge on any atom is 0.262 e. The van der Waals surface area contributed by atoms with E-state index >= 15 is 0 Å². The van der Waals surface area contributed by atoms with Crippen LogP contribution in [-0.4, -0.2) is 30.4 Å². The highest BCUT2D eigenvalue weighted by molar-refractivity contribution is 5.88. The number of ether oxygens (including phenoxy) is 1. The molecular formula is C18H21N3O3. The Balaban J connectivity index is 1.96. The molecule has 0 radical (unpaired) electrons. The fourth-order valence-corrected chi connectivity index (χ4v) is 2.10. The third-order valence-electron chi connectivity index (χ3n) is 3.54. The highest BCUT2D eigenvalue weighted by atomic mass is 16.5. The van der Waals surface area contributed by atoms with Gasteiger partial charge in [-0.05, 0) is 37.6 Å². The number of carbonyl (C=O) groups excluding carboxylic acids is 1. The second-order valence-corrected chi connectivity index (χ2v) is 5.31. The molecule has 1 atom stereocenters. The molecule has 6 heteroatoms. The van der Waals surface area contributed by atoms with E-state index in [-0.39, 0.29) is 11.7 Å². The number of methoxy groups -OCH3 is 1. The normalized spacial score (nSPS) is 12.0. The first kappa shape index (κ1) is 17.3. The van der Waals surface area contributed by atoms with Crippen LogP contribution in [0, 0.1) is 6.92 Å². The Hall–Kier alpha value is -3.02. The monoisotopic (exact) mass is 327 g/mol. The summed E-state index contributed by atoms with van der Waals surface area (Å²) in [5, 5.41) is 17.0. The largest absolute Gasteiger partial charge is 0.504 e. The zero-order valence-corrected chi connectivity index (χ0v) is 13.9. The summed E-state index contributed by atoms with van der Waals surface area (Å²) in [6, 6.07) is 12.3. The number of hydrogen-bond acceptors (Lipinski definition) is 5. The molecule has 0 aromatic heterocycles. The number of para-hydroxylation sites is 2. The first-order valence-electron chi connectivity index (χ1n) is 7.54. The van der Waals surface area contributed by atoms with Crippen molar-refractivity contribution >= 4 is 17.8 Å². The number of nitrogens with one attached hydrogen (secondary N) is 2. The molecular weight excluding hydrogens is 306 g/mol. The van der Waals surface area contributed by atoms with Crippen molar-refractivity contribution < 1.29 is 14.6 Å². The van der Waals surface area contributed by atoms with E-state index in [9.17, 15) is 9.90 Å². The highest BCUT2D eigenvalue weighted by Gasteiger charge is 2.12. The molecule has 6 nitrogen and oxygen atoms in total.